The van der Waals surface area contributed by atoms with E-state index in [2.05, 4.69) is 10.6 Å². The molecule has 2 N–H and O–H groups in total. The fourth-order valence-corrected chi connectivity index (χ4v) is 5.43. The van der Waals surface area contributed by atoms with Crippen LogP contribution in [0, 0.1) is 0 Å². The van der Waals surface area contributed by atoms with Crippen LogP contribution in [0.3, 0.4) is 0 Å². The molecule has 0 saturated carbocycles. The average molecular weight is 475 g/mol. The second-order valence-corrected chi connectivity index (χ2v) is 9.47. The number of carbonyl (C=O) groups excluding carboxylic acids is 3. The maximum atomic E-state index is 13.1. The summed E-state index contributed by atoms with van der Waals surface area (Å²) in [4.78, 5) is 39.0. The number of benzene rings is 1. The summed E-state index contributed by atoms with van der Waals surface area (Å²) in [6.07, 6.45) is 3.72. The molecule has 1 aliphatic rings. The molecule has 2 amide bonds. The second kappa shape index (κ2) is 9.64. The highest BCUT2D eigenvalue weighted by Gasteiger charge is 2.26. The van der Waals surface area contributed by atoms with E-state index in [0.717, 1.165) is 36.1 Å². The van der Waals surface area contributed by atoms with Crippen LogP contribution in [0.25, 0.3) is 0 Å². The van der Waals surface area contributed by atoms with Crippen molar-refractivity contribution in [3.05, 3.63) is 67.7 Å². The van der Waals surface area contributed by atoms with Crippen LogP contribution in [0.2, 0.25) is 5.02 Å². The van der Waals surface area contributed by atoms with Gasteiger partial charge in [0.05, 0.1) is 5.56 Å². The first-order valence-corrected chi connectivity index (χ1v) is 11.8. The molecule has 160 valence electrons. The van der Waals surface area contributed by atoms with Gasteiger partial charge >= 0.3 is 5.97 Å². The molecule has 31 heavy (non-hydrogen) atoms. The lowest BCUT2D eigenvalue weighted by molar-refractivity contribution is -0.119. The summed E-state index contributed by atoms with van der Waals surface area (Å²) in [7, 11) is 0. The van der Waals surface area contributed by atoms with E-state index in [9.17, 15) is 14.4 Å². The fourth-order valence-electron chi connectivity index (χ4n) is 3.38. The molecule has 0 saturated heterocycles. The van der Waals surface area contributed by atoms with E-state index in [0.29, 0.717) is 26.2 Å². The van der Waals surface area contributed by atoms with E-state index >= 15 is 0 Å². The van der Waals surface area contributed by atoms with Crippen LogP contribution in [0.4, 0.5) is 10.7 Å². The zero-order valence-electron chi connectivity index (χ0n) is 16.4. The number of anilines is 2. The van der Waals surface area contributed by atoms with E-state index in [4.69, 9.17) is 16.3 Å². The number of nitrogens with one attached hydrogen (secondary N) is 2. The van der Waals surface area contributed by atoms with Crippen LogP contribution in [-0.4, -0.2) is 24.4 Å². The molecule has 0 aliphatic heterocycles. The minimum Gasteiger partial charge on any atom is -0.451 e. The first kappa shape index (κ1) is 21.5. The number of rotatable bonds is 6. The van der Waals surface area contributed by atoms with Gasteiger partial charge in [0.15, 0.2) is 6.61 Å². The van der Waals surface area contributed by atoms with Gasteiger partial charge in [-0.2, -0.15) is 0 Å². The Morgan fingerprint density at radius 2 is 1.81 bits per heavy atom. The molecule has 0 bridgehead atoms. The molecule has 6 nitrogen and oxygen atoms in total. The van der Waals surface area contributed by atoms with E-state index in [1.165, 1.54) is 22.7 Å². The molecular formula is C22H19ClN2O4S2. The lowest BCUT2D eigenvalue weighted by Crippen LogP contribution is -2.22. The SMILES string of the molecule is O=C(COC(=O)c1cccs1)Nc1sc2c(c1C(=O)Nc1ccc(Cl)cc1)CCCC2. The molecule has 3 aromatic rings. The zero-order valence-corrected chi connectivity index (χ0v) is 18.8. The third-order valence-corrected chi connectivity index (χ3v) is 7.12. The van der Waals surface area contributed by atoms with Gasteiger partial charge in [-0.15, -0.1) is 22.7 Å². The van der Waals surface area contributed by atoms with Gasteiger partial charge in [0.2, 0.25) is 0 Å². The van der Waals surface area contributed by atoms with Crippen molar-refractivity contribution in [2.75, 3.05) is 17.2 Å². The van der Waals surface area contributed by atoms with Crippen LogP contribution >= 0.6 is 34.3 Å². The summed E-state index contributed by atoms with van der Waals surface area (Å²) < 4.78 is 5.08. The number of fused-ring (bicyclic) bond motifs is 1. The topological polar surface area (TPSA) is 84.5 Å². The average Bonchev–Trinajstić information content (AvgIpc) is 3.41. The molecule has 0 unspecified atom stereocenters. The number of hydrogen-bond acceptors (Lipinski definition) is 6. The standard InChI is InChI=1S/C22H19ClN2O4S2/c23-13-7-9-14(10-8-13)24-20(27)19-15-4-1-2-5-16(15)31-21(19)25-18(26)12-29-22(28)17-6-3-11-30-17/h3,6-11H,1-2,4-5,12H2,(H,24,27)(H,25,26). The van der Waals surface area contributed by atoms with Gasteiger partial charge in [-0.1, -0.05) is 17.7 Å². The predicted octanol–water partition coefficient (Wildman–Crippen LogP) is 5.39. The minimum absolute atomic E-state index is 0.285. The smallest absolute Gasteiger partial charge is 0.348 e. The molecule has 9 heteroatoms. The maximum Gasteiger partial charge on any atom is 0.348 e. The maximum absolute atomic E-state index is 13.1. The Kier molecular flexibility index (Phi) is 6.70. The van der Waals surface area contributed by atoms with Crippen molar-refractivity contribution in [1.29, 1.82) is 0 Å². The fraction of sp³-hybridized carbons (Fsp3) is 0.227. The first-order chi connectivity index (χ1) is 15.0. The van der Waals surface area contributed by atoms with Gasteiger partial charge in [-0.25, -0.2) is 4.79 Å². The van der Waals surface area contributed by atoms with Crippen molar-refractivity contribution >= 4 is 62.7 Å². The van der Waals surface area contributed by atoms with Crippen molar-refractivity contribution in [1.82, 2.24) is 0 Å². The quantitative estimate of drug-likeness (QED) is 0.469. The van der Waals surface area contributed by atoms with Crippen molar-refractivity contribution in [2.45, 2.75) is 25.7 Å². The lowest BCUT2D eigenvalue weighted by Gasteiger charge is -2.13. The van der Waals surface area contributed by atoms with Crippen molar-refractivity contribution in [3.8, 4) is 0 Å². The van der Waals surface area contributed by atoms with Crippen molar-refractivity contribution in [2.24, 2.45) is 0 Å². The van der Waals surface area contributed by atoms with Gasteiger partial charge in [0, 0.05) is 15.6 Å². The largest absolute Gasteiger partial charge is 0.451 e. The third-order valence-electron chi connectivity index (χ3n) is 4.81. The summed E-state index contributed by atoms with van der Waals surface area (Å²) in [5.41, 5.74) is 2.08. The molecule has 1 aliphatic carbocycles. The van der Waals surface area contributed by atoms with E-state index in [1.807, 2.05) is 0 Å². The number of esters is 1. The van der Waals surface area contributed by atoms with E-state index in [1.54, 1.807) is 41.8 Å². The number of amides is 2. The van der Waals surface area contributed by atoms with Crippen LogP contribution < -0.4 is 10.6 Å². The molecule has 0 fully saturated rings. The van der Waals surface area contributed by atoms with Gasteiger partial charge in [0.25, 0.3) is 11.8 Å². The summed E-state index contributed by atoms with van der Waals surface area (Å²) in [5.74, 6) is -1.31. The summed E-state index contributed by atoms with van der Waals surface area (Å²) in [6, 6.07) is 10.2. The number of carbonyl (C=O) groups is 3. The summed E-state index contributed by atoms with van der Waals surface area (Å²) >= 11 is 8.57. The summed E-state index contributed by atoms with van der Waals surface area (Å²) in [6.45, 7) is -0.419. The van der Waals surface area contributed by atoms with E-state index < -0.39 is 18.5 Å². The molecule has 0 radical (unpaired) electrons. The van der Waals surface area contributed by atoms with Gasteiger partial charge in [-0.3, -0.25) is 9.59 Å². The Bertz CT molecular complexity index is 1110. The minimum atomic E-state index is -0.545. The second-order valence-electron chi connectivity index (χ2n) is 6.98. The van der Waals surface area contributed by atoms with Crippen molar-refractivity contribution in [3.63, 3.8) is 0 Å². The highest BCUT2D eigenvalue weighted by atomic mass is 35.5. The highest BCUT2D eigenvalue weighted by Crippen LogP contribution is 2.38. The first-order valence-electron chi connectivity index (χ1n) is 9.73. The monoisotopic (exact) mass is 474 g/mol. The van der Waals surface area contributed by atoms with Crippen LogP contribution in [0.1, 0.15) is 43.3 Å². The predicted molar refractivity (Wildman–Crippen MR) is 124 cm³/mol. The van der Waals surface area contributed by atoms with E-state index in [-0.39, 0.29) is 5.91 Å². The van der Waals surface area contributed by atoms with Gasteiger partial charge in [-0.05, 0) is 67.0 Å². The zero-order chi connectivity index (χ0) is 21.8. The Morgan fingerprint density at radius 1 is 1.03 bits per heavy atom. The summed E-state index contributed by atoms with van der Waals surface area (Å²) in [5, 5.41) is 8.47. The lowest BCUT2D eigenvalue weighted by atomic mass is 9.95. The van der Waals surface area contributed by atoms with Gasteiger partial charge in [0.1, 0.15) is 9.88 Å². The molecule has 4 rings (SSSR count). The Hall–Kier alpha value is -2.68. The van der Waals surface area contributed by atoms with Crippen molar-refractivity contribution < 1.29 is 19.1 Å². The number of thiophene rings is 2. The number of aryl methyl sites for hydroxylation is 1. The Morgan fingerprint density at radius 3 is 2.55 bits per heavy atom. The normalized spacial score (nSPS) is 12.7. The van der Waals surface area contributed by atoms with Crippen LogP contribution in [0.5, 0.6) is 0 Å². The number of halogens is 1. The third kappa shape index (κ3) is 5.15. The highest BCUT2D eigenvalue weighted by molar-refractivity contribution is 7.17. The molecule has 1 aromatic carbocycles. The number of hydrogen-bond donors (Lipinski definition) is 2. The molecule has 0 spiro atoms. The Labute approximate surface area is 192 Å². The molecule has 2 aromatic heterocycles. The van der Waals surface area contributed by atoms with Crippen LogP contribution in [0.15, 0.2) is 41.8 Å². The number of ether oxygens (including phenoxy) is 1. The molecular weight excluding hydrogens is 456 g/mol. The van der Waals surface area contributed by atoms with Crippen LogP contribution in [-0.2, 0) is 22.4 Å². The molecule has 0 atom stereocenters. The Balaban J connectivity index is 1.49. The molecule has 2 heterocycles. The van der Waals surface area contributed by atoms with Gasteiger partial charge < -0.3 is 15.4 Å².